The molecule has 1 fully saturated rings. The van der Waals surface area contributed by atoms with Crippen LogP contribution in [0.3, 0.4) is 0 Å². The van der Waals surface area contributed by atoms with Gasteiger partial charge in [0, 0.05) is 45.0 Å². The summed E-state index contributed by atoms with van der Waals surface area (Å²) in [5.74, 6) is 1.02. The number of nitrogens with zero attached hydrogens (tertiary/aromatic N) is 3. The molecule has 1 aromatic heterocycles. The van der Waals surface area contributed by atoms with Crippen molar-refractivity contribution in [3.8, 4) is 0 Å². The van der Waals surface area contributed by atoms with Crippen LogP contribution in [0.15, 0.2) is 23.3 Å². The number of primary amides is 1. The zero-order chi connectivity index (χ0) is 16.7. The largest absolute Gasteiger partial charge is 0.370 e. The van der Waals surface area contributed by atoms with Crippen molar-refractivity contribution >= 4 is 11.9 Å². The lowest BCUT2D eigenvalue weighted by Crippen LogP contribution is -2.47. The van der Waals surface area contributed by atoms with E-state index in [1.54, 1.807) is 7.05 Å². The van der Waals surface area contributed by atoms with Gasteiger partial charge >= 0.3 is 0 Å². The molecule has 2 rings (SSSR count). The highest BCUT2D eigenvalue weighted by Crippen LogP contribution is 2.19. The second-order valence-electron chi connectivity index (χ2n) is 6.16. The van der Waals surface area contributed by atoms with Crippen LogP contribution in [0.2, 0.25) is 0 Å². The first-order valence-electron chi connectivity index (χ1n) is 8.24. The van der Waals surface area contributed by atoms with Gasteiger partial charge in [0.05, 0.1) is 0 Å². The van der Waals surface area contributed by atoms with Gasteiger partial charge in [-0.2, -0.15) is 0 Å². The van der Waals surface area contributed by atoms with Gasteiger partial charge in [0.1, 0.15) is 0 Å². The third-order valence-corrected chi connectivity index (χ3v) is 4.19. The van der Waals surface area contributed by atoms with Crippen molar-refractivity contribution in [2.75, 3.05) is 26.7 Å². The molecule has 3 N–H and O–H groups in total. The van der Waals surface area contributed by atoms with Gasteiger partial charge in [-0.3, -0.25) is 14.8 Å². The molecule has 6 heteroatoms. The van der Waals surface area contributed by atoms with E-state index in [2.05, 4.69) is 26.3 Å². The summed E-state index contributed by atoms with van der Waals surface area (Å²) in [6.45, 7) is 4.62. The Morgan fingerprint density at radius 2 is 2.35 bits per heavy atom. The Morgan fingerprint density at radius 3 is 3.00 bits per heavy atom. The number of aliphatic imine (C=N–C) groups is 1. The highest BCUT2D eigenvalue weighted by molar-refractivity contribution is 5.80. The van der Waals surface area contributed by atoms with Gasteiger partial charge < -0.3 is 16.0 Å². The smallest absolute Gasteiger partial charge is 0.217 e. The molecule has 0 saturated carbocycles. The Hall–Kier alpha value is -2.11. The number of likely N-dealkylation sites (tertiary alicyclic amines) is 1. The van der Waals surface area contributed by atoms with Crippen molar-refractivity contribution in [1.29, 1.82) is 0 Å². The second kappa shape index (κ2) is 8.50. The maximum Gasteiger partial charge on any atom is 0.217 e. The Labute approximate surface area is 138 Å². The number of hydrogen-bond acceptors (Lipinski definition) is 3. The van der Waals surface area contributed by atoms with E-state index in [9.17, 15) is 4.79 Å². The van der Waals surface area contributed by atoms with E-state index in [0.29, 0.717) is 12.3 Å². The van der Waals surface area contributed by atoms with Gasteiger partial charge in [-0.05, 0) is 43.7 Å². The van der Waals surface area contributed by atoms with Crippen molar-refractivity contribution in [3.63, 3.8) is 0 Å². The van der Waals surface area contributed by atoms with E-state index in [0.717, 1.165) is 50.6 Å². The Kier molecular flexibility index (Phi) is 6.38. The first-order valence-corrected chi connectivity index (χ1v) is 8.24. The van der Waals surface area contributed by atoms with Crippen LogP contribution < -0.4 is 11.1 Å². The number of piperidine rings is 1. The fourth-order valence-corrected chi connectivity index (χ4v) is 3.01. The standard InChI is InChI=1S/C17H27N5O/c1-13-5-6-14(11-21-13)7-8-20-17(19-2)22-9-3-4-15(12-22)10-16(18)23/h5-6,11,15H,3-4,7-10,12H2,1-2H3,(H2,18,23)(H,19,20). The normalized spacial score (nSPS) is 18.8. The predicted octanol–water partition coefficient (Wildman–Crippen LogP) is 1.10. The van der Waals surface area contributed by atoms with Crippen molar-refractivity contribution < 1.29 is 4.79 Å². The molecule has 0 radical (unpaired) electrons. The number of amides is 1. The van der Waals surface area contributed by atoms with E-state index in [-0.39, 0.29) is 5.91 Å². The number of pyridine rings is 1. The van der Waals surface area contributed by atoms with Crippen LogP contribution in [0.1, 0.15) is 30.5 Å². The van der Waals surface area contributed by atoms with Gasteiger partial charge in [0.15, 0.2) is 5.96 Å². The summed E-state index contributed by atoms with van der Waals surface area (Å²) in [7, 11) is 1.80. The lowest BCUT2D eigenvalue weighted by atomic mass is 9.95. The van der Waals surface area contributed by atoms with Gasteiger partial charge in [-0.1, -0.05) is 6.07 Å². The summed E-state index contributed by atoms with van der Waals surface area (Å²) >= 11 is 0. The molecule has 23 heavy (non-hydrogen) atoms. The van der Waals surface area contributed by atoms with Gasteiger partial charge in [-0.25, -0.2) is 0 Å². The summed E-state index contributed by atoms with van der Waals surface area (Å²) in [6, 6.07) is 4.14. The molecule has 0 spiro atoms. The number of carbonyl (C=O) groups excluding carboxylic acids is 1. The Morgan fingerprint density at radius 1 is 1.52 bits per heavy atom. The zero-order valence-electron chi connectivity index (χ0n) is 14.1. The Balaban J connectivity index is 1.82. The van der Waals surface area contributed by atoms with Crippen LogP contribution >= 0.6 is 0 Å². The molecule has 1 aliphatic rings. The number of nitrogens with one attached hydrogen (secondary N) is 1. The number of carbonyl (C=O) groups is 1. The summed E-state index contributed by atoms with van der Waals surface area (Å²) < 4.78 is 0. The monoisotopic (exact) mass is 317 g/mol. The molecule has 0 aromatic carbocycles. The van der Waals surface area contributed by atoms with E-state index >= 15 is 0 Å². The molecule has 1 amide bonds. The second-order valence-corrected chi connectivity index (χ2v) is 6.16. The number of rotatable bonds is 5. The first-order chi connectivity index (χ1) is 11.1. The van der Waals surface area contributed by atoms with Crippen LogP contribution in [0.5, 0.6) is 0 Å². The number of guanidine groups is 1. The van der Waals surface area contributed by atoms with Crippen molar-refractivity contribution in [1.82, 2.24) is 15.2 Å². The van der Waals surface area contributed by atoms with Crippen molar-refractivity contribution in [2.24, 2.45) is 16.6 Å². The summed E-state index contributed by atoms with van der Waals surface area (Å²) in [6.07, 6.45) is 5.42. The number of aromatic nitrogens is 1. The van der Waals surface area contributed by atoms with Gasteiger partial charge in [0.25, 0.3) is 0 Å². The third-order valence-electron chi connectivity index (χ3n) is 4.19. The molecule has 126 valence electrons. The topological polar surface area (TPSA) is 83.6 Å². The summed E-state index contributed by atoms with van der Waals surface area (Å²) in [5.41, 5.74) is 7.57. The van der Waals surface area contributed by atoms with Crippen molar-refractivity contribution in [2.45, 2.75) is 32.6 Å². The lowest BCUT2D eigenvalue weighted by molar-refractivity contribution is -0.119. The number of nitrogens with two attached hydrogens (primary N) is 1. The minimum atomic E-state index is -0.216. The molecule has 6 nitrogen and oxygen atoms in total. The maximum absolute atomic E-state index is 11.1. The van der Waals surface area contributed by atoms with Crippen LogP contribution in [-0.2, 0) is 11.2 Å². The maximum atomic E-state index is 11.1. The number of aryl methyl sites for hydroxylation is 1. The van der Waals surface area contributed by atoms with Gasteiger partial charge in [0.2, 0.25) is 5.91 Å². The minimum Gasteiger partial charge on any atom is -0.370 e. The van der Waals surface area contributed by atoms with Crippen LogP contribution in [0.25, 0.3) is 0 Å². The van der Waals surface area contributed by atoms with Crippen LogP contribution in [0, 0.1) is 12.8 Å². The first kappa shape index (κ1) is 17.2. The highest BCUT2D eigenvalue weighted by Gasteiger charge is 2.23. The summed E-state index contributed by atoms with van der Waals surface area (Å²) in [5, 5.41) is 3.41. The zero-order valence-corrected chi connectivity index (χ0v) is 14.1. The average molecular weight is 317 g/mol. The third kappa shape index (κ3) is 5.54. The fourth-order valence-electron chi connectivity index (χ4n) is 3.01. The predicted molar refractivity (Wildman–Crippen MR) is 92.1 cm³/mol. The average Bonchev–Trinajstić information content (AvgIpc) is 2.53. The van der Waals surface area contributed by atoms with E-state index in [4.69, 9.17) is 5.73 Å². The highest BCUT2D eigenvalue weighted by atomic mass is 16.1. The molecule has 1 unspecified atom stereocenters. The SMILES string of the molecule is CN=C(NCCc1ccc(C)nc1)N1CCCC(CC(N)=O)C1. The van der Waals surface area contributed by atoms with Crippen molar-refractivity contribution in [3.05, 3.63) is 29.6 Å². The molecule has 1 atom stereocenters. The minimum absolute atomic E-state index is 0.216. The summed E-state index contributed by atoms with van der Waals surface area (Å²) in [4.78, 5) is 22.0. The van der Waals surface area contributed by atoms with Crippen LogP contribution in [-0.4, -0.2) is 48.4 Å². The van der Waals surface area contributed by atoms with Crippen LogP contribution in [0.4, 0.5) is 0 Å². The molecule has 2 heterocycles. The van der Waals surface area contributed by atoms with E-state index in [1.807, 2.05) is 19.2 Å². The number of hydrogen-bond donors (Lipinski definition) is 2. The molecule has 0 aliphatic carbocycles. The fraction of sp³-hybridized carbons (Fsp3) is 0.588. The van der Waals surface area contributed by atoms with E-state index < -0.39 is 0 Å². The molecule has 0 bridgehead atoms. The lowest BCUT2D eigenvalue weighted by Gasteiger charge is -2.34. The molecule has 1 aliphatic heterocycles. The molecular weight excluding hydrogens is 290 g/mol. The van der Waals surface area contributed by atoms with E-state index in [1.165, 1.54) is 5.56 Å². The quantitative estimate of drug-likeness (QED) is 0.629. The van der Waals surface area contributed by atoms with Gasteiger partial charge in [-0.15, -0.1) is 0 Å². The molecule has 1 saturated heterocycles. The Bertz CT molecular complexity index is 540. The molecule has 1 aromatic rings. The molecular formula is C17H27N5O.